The Labute approximate surface area is 149 Å². The molecule has 1 rings (SSSR count). The molecule has 1 aromatic rings. The summed E-state index contributed by atoms with van der Waals surface area (Å²) in [7, 11) is -1.98. The van der Waals surface area contributed by atoms with Crippen LogP contribution in [0, 0.1) is 6.92 Å². The highest BCUT2D eigenvalue weighted by molar-refractivity contribution is 7.27. The molecule has 0 radical (unpaired) electrons. The zero-order chi connectivity index (χ0) is 17.7. The van der Waals surface area contributed by atoms with Crippen molar-refractivity contribution < 1.29 is 4.74 Å². The Morgan fingerprint density at radius 2 is 1.65 bits per heavy atom. The van der Waals surface area contributed by atoms with Gasteiger partial charge in [-0.3, -0.25) is 0 Å². The van der Waals surface area contributed by atoms with E-state index in [0.29, 0.717) is 0 Å². The zero-order valence-corrected chi connectivity index (χ0v) is 17.9. The Morgan fingerprint density at radius 1 is 1.04 bits per heavy atom. The molecule has 0 saturated heterocycles. The molecule has 0 aliphatic carbocycles. The Bertz CT molecular complexity index is 501. The van der Waals surface area contributed by atoms with Crippen molar-refractivity contribution in [3.8, 4) is 5.75 Å². The molecule has 0 aliphatic heterocycles. The molecule has 0 saturated carbocycles. The van der Waals surface area contributed by atoms with Crippen LogP contribution in [0.3, 0.4) is 0 Å². The molecule has 0 spiro atoms. The van der Waals surface area contributed by atoms with Crippen LogP contribution in [0.5, 0.6) is 5.75 Å². The van der Waals surface area contributed by atoms with Gasteiger partial charge in [0.1, 0.15) is 5.75 Å². The van der Waals surface area contributed by atoms with E-state index >= 15 is 0 Å². The molecule has 23 heavy (non-hydrogen) atoms. The molecule has 1 aromatic carbocycles. The van der Waals surface area contributed by atoms with Gasteiger partial charge in [0.2, 0.25) is 0 Å². The van der Waals surface area contributed by atoms with Gasteiger partial charge < -0.3 is 4.74 Å². The van der Waals surface area contributed by atoms with Crippen LogP contribution in [0.25, 0.3) is 0 Å². The van der Waals surface area contributed by atoms with Gasteiger partial charge in [0, 0.05) is 0 Å². The highest BCUT2D eigenvalue weighted by atomic mass is 35.6. The number of ether oxygens (including phenoxy) is 1. The molecule has 0 atom stereocenters. The summed E-state index contributed by atoms with van der Waals surface area (Å²) in [6.45, 7) is 16.4. The summed E-state index contributed by atoms with van der Waals surface area (Å²) in [4.78, 5) is 0. The molecular weight excluding hydrogens is 320 g/mol. The predicted octanol–water partition coefficient (Wildman–Crippen LogP) is 6.29. The van der Waals surface area contributed by atoms with Gasteiger partial charge in [0.05, 0.1) is 6.61 Å². The van der Waals surface area contributed by atoms with Crippen molar-refractivity contribution in [2.24, 2.45) is 0 Å². The van der Waals surface area contributed by atoms with Crippen LogP contribution in [-0.2, 0) is 5.41 Å². The van der Waals surface area contributed by atoms with Crippen LogP contribution < -0.4 is 9.92 Å². The summed E-state index contributed by atoms with van der Waals surface area (Å²) in [5, 5.41) is 1.31. The molecule has 0 bridgehead atoms. The van der Waals surface area contributed by atoms with E-state index in [1.807, 2.05) is 0 Å². The van der Waals surface area contributed by atoms with E-state index in [9.17, 15) is 0 Å². The molecule has 3 heteroatoms. The SMILES string of the molecule is CCCCCOc1c(C(C)(C)C)cc(C)cc1[Si](Cl)(CC)CC. The van der Waals surface area contributed by atoms with Crippen molar-refractivity contribution in [3.63, 3.8) is 0 Å². The Balaban J connectivity index is 3.39. The molecule has 0 unspecified atom stereocenters. The Hall–Kier alpha value is -0.473. The Morgan fingerprint density at radius 3 is 2.13 bits per heavy atom. The molecular formula is C20H35ClOSi. The van der Waals surface area contributed by atoms with Crippen LogP contribution in [0.2, 0.25) is 12.1 Å². The second-order valence-corrected chi connectivity index (χ2v) is 13.7. The van der Waals surface area contributed by atoms with Crippen molar-refractivity contribution in [2.75, 3.05) is 6.61 Å². The van der Waals surface area contributed by atoms with Crippen molar-refractivity contribution in [1.82, 2.24) is 0 Å². The van der Waals surface area contributed by atoms with Crippen molar-refractivity contribution in [3.05, 3.63) is 23.3 Å². The van der Waals surface area contributed by atoms with Gasteiger partial charge in [0.25, 0.3) is 0 Å². The van der Waals surface area contributed by atoms with E-state index in [1.165, 1.54) is 29.2 Å². The molecule has 132 valence electrons. The second kappa shape index (κ2) is 8.57. The van der Waals surface area contributed by atoms with Crippen molar-refractivity contribution in [1.29, 1.82) is 0 Å². The van der Waals surface area contributed by atoms with Crippen LogP contribution in [0.4, 0.5) is 0 Å². The third-order valence-corrected chi connectivity index (χ3v) is 10.4. The highest BCUT2D eigenvalue weighted by Gasteiger charge is 2.35. The maximum atomic E-state index is 7.13. The fourth-order valence-corrected chi connectivity index (χ4v) is 5.76. The number of halogens is 1. The quantitative estimate of drug-likeness (QED) is 0.302. The lowest BCUT2D eigenvalue weighted by Crippen LogP contribution is -2.43. The number of hydrogen-bond acceptors (Lipinski definition) is 1. The van der Waals surface area contributed by atoms with E-state index in [-0.39, 0.29) is 5.41 Å². The van der Waals surface area contributed by atoms with Gasteiger partial charge in [-0.1, -0.05) is 72.1 Å². The highest BCUT2D eigenvalue weighted by Crippen LogP contribution is 2.35. The fourth-order valence-electron chi connectivity index (χ4n) is 2.98. The minimum Gasteiger partial charge on any atom is -0.493 e. The van der Waals surface area contributed by atoms with Gasteiger partial charge in [-0.05, 0) is 41.6 Å². The fraction of sp³-hybridized carbons (Fsp3) is 0.700. The number of unbranched alkanes of at least 4 members (excludes halogenated alkanes) is 2. The first-order chi connectivity index (χ1) is 10.7. The van der Waals surface area contributed by atoms with Crippen molar-refractivity contribution >= 4 is 23.6 Å². The molecule has 0 aromatic heterocycles. The molecule has 1 nitrogen and oxygen atoms in total. The molecule has 0 aliphatic rings. The third-order valence-electron chi connectivity index (χ3n) is 4.64. The standard InChI is InChI=1S/C20H35ClOSi/c1-8-11-12-13-22-19-17(20(5,6)7)14-16(4)15-18(19)23(21,9-2)10-3/h14-15H,8-13H2,1-7H3. The average Bonchev–Trinajstić information content (AvgIpc) is 2.50. The number of aryl methyl sites for hydroxylation is 1. The predicted molar refractivity (Wildman–Crippen MR) is 107 cm³/mol. The van der Waals surface area contributed by atoms with Gasteiger partial charge in [-0.15, -0.1) is 0 Å². The lowest BCUT2D eigenvalue weighted by atomic mass is 9.85. The first kappa shape index (κ1) is 20.6. The van der Waals surface area contributed by atoms with Crippen LogP contribution in [0.1, 0.15) is 71.9 Å². The summed E-state index contributed by atoms with van der Waals surface area (Å²) >= 11 is 7.13. The topological polar surface area (TPSA) is 9.23 Å². The molecule has 0 amide bonds. The van der Waals surface area contributed by atoms with Crippen molar-refractivity contribution in [2.45, 2.75) is 85.2 Å². The second-order valence-electron chi connectivity index (χ2n) is 7.67. The molecule has 0 heterocycles. The lowest BCUT2D eigenvalue weighted by Gasteiger charge is -2.31. The van der Waals surface area contributed by atoms with Gasteiger partial charge in [-0.25, -0.2) is 0 Å². The summed E-state index contributed by atoms with van der Waals surface area (Å²) in [5.74, 6) is 1.09. The summed E-state index contributed by atoms with van der Waals surface area (Å²) in [6, 6.07) is 6.67. The van der Waals surface area contributed by atoms with E-state index < -0.39 is 7.38 Å². The first-order valence-corrected chi connectivity index (χ1v) is 12.6. The molecule has 0 N–H and O–H groups in total. The maximum absolute atomic E-state index is 7.13. The largest absolute Gasteiger partial charge is 0.493 e. The van der Waals surface area contributed by atoms with E-state index in [2.05, 4.69) is 60.6 Å². The van der Waals surface area contributed by atoms with Crippen LogP contribution >= 0.6 is 11.1 Å². The van der Waals surface area contributed by atoms with E-state index in [1.54, 1.807) is 0 Å². The number of benzene rings is 1. The van der Waals surface area contributed by atoms with E-state index in [0.717, 1.165) is 30.9 Å². The van der Waals surface area contributed by atoms with Crippen LogP contribution in [0.15, 0.2) is 12.1 Å². The smallest absolute Gasteiger partial charge is 0.190 e. The summed E-state index contributed by atoms with van der Waals surface area (Å²) < 4.78 is 6.35. The normalized spacial score (nSPS) is 12.5. The number of hydrogen-bond donors (Lipinski definition) is 0. The minimum absolute atomic E-state index is 0.0640. The van der Waals surface area contributed by atoms with Gasteiger partial charge in [-0.2, -0.15) is 11.1 Å². The lowest BCUT2D eigenvalue weighted by molar-refractivity contribution is 0.300. The minimum atomic E-state index is -1.98. The van der Waals surface area contributed by atoms with Crippen LogP contribution in [-0.4, -0.2) is 14.0 Å². The number of rotatable bonds is 8. The average molecular weight is 355 g/mol. The van der Waals surface area contributed by atoms with Gasteiger partial charge in [0.15, 0.2) is 7.38 Å². The first-order valence-electron chi connectivity index (χ1n) is 9.16. The summed E-state index contributed by atoms with van der Waals surface area (Å²) in [5.41, 5.74) is 2.67. The summed E-state index contributed by atoms with van der Waals surface area (Å²) in [6.07, 6.45) is 3.55. The zero-order valence-electron chi connectivity index (χ0n) is 16.2. The Kier molecular flexibility index (Phi) is 7.67. The monoisotopic (exact) mass is 354 g/mol. The third kappa shape index (κ3) is 5.25. The van der Waals surface area contributed by atoms with E-state index in [4.69, 9.17) is 15.8 Å². The van der Waals surface area contributed by atoms with Gasteiger partial charge >= 0.3 is 0 Å². The maximum Gasteiger partial charge on any atom is 0.190 e. The molecule has 0 fully saturated rings.